The number of thiazole rings is 1. The Labute approximate surface area is 133 Å². The van der Waals surface area contributed by atoms with E-state index in [9.17, 15) is 4.79 Å². The van der Waals surface area contributed by atoms with Crippen LogP contribution in [0.4, 0.5) is 5.13 Å². The van der Waals surface area contributed by atoms with Crippen LogP contribution in [0.3, 0.4) is 0 Å². The summed E-state index contributed by atoms with van der Waals surface area (Å²) in [5, 5.41) is 15.2. The molecule has 2 aromatic rings. The molecule has 0 aliphatic rings. The van der Waals surface area contributed by atoms with Gasteiger partial charge in [-0.05, 0) is 17.7 Å². The van der Waals surface area contributed by atoms with Crippen LogP contribution in [0.5, 0.6) is 0 Å². The fraction of sp³-hybridized carbons (Fsp3) is 0.0833. The summed E-state index contributed by atoms with van der Waals surface area (Å²) in [6.45, 7) is 0.0489. The number of hydrogen-bond acceptors (Lipinski definition) is 6. The van der Waals surface area contributed by atoms with Crippen molar-refractivity contribution in [2.45, 2.75) is 6.61 Å². The third kappa shape index (κ3) is 4.07. The summed E-state index contributed by atoms with van der Waals surface area (Å²) in [6, 6.07) is 4.93. The summed E-state index contributed by atoms with van der Waals surface area (Å²) in [5.74, 6) is -1.26. The van der Waals surface area contributed by atoms with E-state index in [0.29, 0.717) is 15.6 Å². The fourth-order valence-electron chi connectivity index (χ4n) is 1.39. The fourth-order valence-corrected chi connectivity index (χ4v) is 2.26. The van der Waals surface area contributed by atoms with Crippen molar-refractivity contribution < 1.29 is 14.7 Å². The molecule has 1 heterocycles. The Balaban J connectivity index is 2.10. The molecule has 0 atom stereocenters. The maximum atomic E-state index is 11.1. The second-order valence-electron chi connectivity index (χ2n) is 3.84. The highest BCUT2D eigenvalue weighted by molar-refractivity contribution is 7.13. The number of carboxylic acids is 1. The number of aromatic nitrogens is 1. The first-order chi connectivity index (χ1) is 9.97. The lowest BCUT2D eigenvalue weighted by atomic mass is 10.2. The average molecular weight is 346 g/mol. The molecule has 0 aliphatic heterocycles. The highest BCUT2D eigenvalue weighted by Crippen LogP contribution is 2.23. The lowest BCUT2D eigenvalue weighted by Crippen LogP contribution is -2.15. The number of hydrogen-bond donors (Lipinski definition) is 2. The number of rotatable bonds is 5. The zero-order valence-corrected chi connectivity index (χ0v) is 12.7. The van der Waals surface area contributed by atoms with Crippen molar-refractivity contribution in [3.05, 3.63) is 44.9 Å². The van der Waals surface area contributed by atoms with Gasteiger partial charge >= 0.3 is 5.97 Å². The number of carboxylic acid groups (broad SMARTS) is 1. The molecule has 1 aromatic heterocycles. The highest BCUT2D eigenvalue weighted by atomic mass is 35.5. The molecule has 6 nitrogen and oxygen atoms in total. The average Bonchev–Trinajstić information content (AvgIpc) is 2.84. The van der Waals surface area contributed by atoms with Gasteiger partial charge in [0, 0.05) is 5.38 Å². The number of nitrogen functional groups attached to an aromatic ring is 1. The minimum absolute atomic E-state index is 0.0489. The molecule has 0 saturated heterocycles. The third-order valence-corrected chi connectivity index (χ3v) is 3.75. The highest BCUT2D eigenvalue weighted by Gasteiger charge is 2.17. The number of benzene rings is 1. The van der Waals surface area contributed by atoms with Crippen LogP contribution in [-0.2, 0) is 16.2 Å². The molecular formula is C12H9Cl2N3O3S. The van der Waals surface area contributed by atoms with E-state index in [1.165, 1.54) is 5.38 Å². The minimum atomic E-state index is -1.26. The van der Waals surface area contributed by atoms with Crippen molar-refractivity contribution in [1.82, 2.24) is 4.98 Å². The molecule has 0 unspecified atom stereocenters. The molecule has 21 heavy (non-hydrogen) atoms. The molecule has 3 N–H and O–H groups in total. The van der Waals surface area contributed by atoms with E-state index >= 15 is 0 Å². The molecule has 0 saturated carbocycles. The van der Waals surface area contributed by atoms with E-state index in [-0.39, 0.29) is 23.1 Å². The van der Waals surface area contributed by atoms with Crippen molar-refractivity contribution in [1.29, 1.82) is 0 Å². The molecule has 0 amide bonds. The van der Waals surface area contributed by atoms with Crippen LogP contribution in [0.1, 0.15) is 11.3 Å². The van der Waals surface area contributed by atoms with Gasteiger partial charge in [0.05, 0.1) is 10.0 Å². The SMILES string of the molecule is Nc1nc(C(=NOCc2ccc(Cl)c(Cl)c2)C(=O)O)cs1. The van der Waals surface area contributed by atoms with E-state index in [4.69, 9.17) is 38.9 Å². The van der Waals surface area contributed by atoms with Crippen molar-refractivity contribution >= 4 is 51.4 Å². The predicted molar refractivity (Wildman–Crippen MR) is 82.0 cm³/mol. The van der Waals surface area contributed by atoms with Gasteiger partial charge in [0.25, 0.3) is 0 Å². The summed E-state index contributed by atoms with van der Waals surface area (Å²) in [4.78, 5) is 20.0. The first kappa shape index (κ1) is 15.6. The quantitative estimate of drug-likeness (QED) is 0.641. The Kier molecular flexibility index (Phi) is 5.00. The van der Waals surface area contributed by atoms with Crippen LogP contribution < -0.4 is 5.73 Å². The second-order valence-corrected chi connectivity index (χ2v) is 5.54. The van der Waals surface area contributed by atoms with Gasteiger partial charge in [-0.15, -0.1) is 11.3 Å². The molecule has 0 spiro atoms. The van der Waals surface area contributed by atoms with Crippen LogP contribution in [0.2, 0.25) is 10.0 Å². The van der Waals surface area contributed by atoms with Crippen molar-refractivity contribution in [2.24, 2.45) is 5.16 Å². The monoisotopic (exact) mass is 345 g/mol. The van der Waals surface area contributed by atoms with Gasteiger partial charge in [-0.1, -0.05) is 34.4 Å². The number of carbonyl (C=O) groups is 1. The molecular weight excluding hydrogens is 337 g/mol. The van der Waals surface area contributed by atoms with E-state index in [1.807, 2.05) is 0 Å². The van der Waals surface area contributed by atoms with Crippen LogP contribution in [0.25, 0.3) is 0 Å². The number of nitrogens with two attached hydrogens (primary N) is 1. The zero-order chi connectivity index (χ0) is 15.4. The largest absolute Gasteiger partial charge is 0.476 e. The smallest absolute Gasteiger partial charge is 0.360 e. The van der Waals surface area contributed by atoms with Gasteiger partial charge in [0.1, 0.15) is 12.3 Å². The zero-order valence-electron chi connectivity index (χ0n) is 10.4. The summed E-state index contributed by atoms with van der Waals surface area (Å²) in [6.07, 6.45) is 0. The van der Waals surface area contributed by atoms with Crippen LogP contribution in [0.15, 0.2) is 28.7 Å². The Morgan fingerprint density at radius 1 is 1.43 bits per heavy atom. The van der Waals surface area contributed by atoms with Gasteiger partial charge in [0.2, 0.25) is 5.71 Å². The minimum Gasteiger partial charge on any atom is -0.476 e. The Morgan fingerprint density at radius 2 is 2.19 bits per heavy atom. The Morgan fingerprint density at radius 3 is 2.76 bits per heavy atom. The van der Waals surface area contributed by atoms with Crippen LogP contribution in [0, 0.1) is 0 Å². The molecule has 0 radical (unpaired) electrons. The Hall–Kier alpha value is -1.83. The standard InChI is InChI=1S/C12H9Cl2N3O3S/c13-7-2-1-6(3-8(7)14)4-20-17-10(11(18)19)9-5-21-12(15)16-9/h1-3,5H,4H2,(H2,15,16)(H,18,19). The second kappa shape index (κ2) is 6.75. The number of nitrogens with zero attached hydrogens (tertiary/aromatic N) is 2. The topological polar surface area (TPSA) is 97.8 Å². The first-order valence-electron chi connectivity index (χ1n) is 5.56. The van der Waals surface area contributed by atoms with Gasteiger partial charge in [-0.3, -0.25) is 0 Å². The summed E-state index contributed by atoms with van der Waals surface area (Å²) in [7, 11) is 0. The molecule has 2 rings (SSSR count). The molecule has 0 aliphatic carbocycles. The van der Waals surface area contributed by atoms with Gasteiger partial charge < -0.3 is 15.7 Å². The number of anilines is 1. The number of halogens is 2. The van der Waals surface area contributed by atoms with Crippen molar-refractivity contribution in [2.75, 3.05) is 5.73 Å². The third-order valence-electron chi connectivity index (χ3n) is 2.34. The summed E-state index contributed by atoms with van der Waals surface area (Å²) < 4.78 is 0. The van der Waals surface area contributed by atoms with Gasteiger partial charge in [0.15, 0.2) is 5.13 Å². The van der Waals surface area contributed by atoms with E-state index in [2.05, 4.69) is 10.1 Å². The predicted octanol–water partition coefficient (Wildman–Crippen LogP) is 3.04. The van der Waals surface area contributed by atoms with Crippen LogP contribution in [-0.4, -0.2) is 21.8 Å². The normalized spacial score (nSPS) is 11.4. The lowest BCUT2D eigenvalue weighted by Gasteiger charge is -2.03. The lowest BCUT2D eigenvalue weighted by molar-refractivity contribution is -0.129. The van der Waals surface area contributed by atoms with Crippen molar-refractivity contribution in [3.8, 4) is 0 Å². The maximum absolute atomic E-state index is 11.1. The Bertz CT molecular complexity index is 703. The van der Waals surface area contributed by atoms with Gasteiger partial charge in [-0.2, -0.15) is 0 Å². The van der Waals surface area contributed by atoms with E-state index in [1.54, 1.807) is 18.2 Å². The van der Waals surface area contributed by atoms with Gasteiger partial charge in [-0.25, -0.2) is 9.78 Å². The molecule has 0 bridgehead atoms. The summed E-state index contributed by atoms with van der Waals surface area (Å²) >= 11 is 12.8. The molecule has 1 aromatic carbocycles. The molecule has 110 valence electrons. The van der Waals surface area contributed by atoms with Crippen molar-refractivity contribution in [3.63, 3.8) is 0 Å². The molecule has 0 fully saturated rings. The maximum Gasteiger partial charge on any atom is 0.360 e. The number of oxime groups is 1. The van der Waals surface area contributed by atoms with E-state index < -0.39 is 5.97 Å². The van der Waals surface area contributed by atoms with E-state index in [0.717, 1.165) is 11.3 Å². The van der Waals surface area contributed by atoms with Crippen LogP contribution >= 0.6 is 34.5 Å². The number of aliphatic carboxylic acids is 1. The molecule has 9 heteroatoms. The summed E-state index contributed by atoms with van der Waals surface area (Å²) in [5.41, 5.74) is 6.00. The first-order valence-corrected chi connectivity index (χ1v) is 7.19.